The zero-order valence-electron chi connectivity index (χ0n) is 7.03. The molecule has 0 aromatic heterocycles. The zero-order valence-corrected chi connectivity index (χ0v) is 7.03. The maximum atomic E-state index is 2.31. The van der Waals surface area contributed by atoms with Crippen LogP contribution in [0.3, 0.4) is 0 Å². The van der Waals surface area contributed by atoms with Gasteiger partial charge < -0.3 is 0 Å². The minimum Gasteiger partial charge on any atom is -0.0654 e. The van der Waals surface area contributed by atoms with Crippen LogP contribution in [-0.2, 0) is 0 Å². The highest BCUT2D eigenvalue weighted by molar-refractivity contribution is 5.00. The summed E-state index contributed by atoms with van der Waals surface area (Å²) in [4.78, 5) is 0. The van der Waals surface area contributed by atoms with Gasteiger partial charge in [0.15, 0.2) is 0 Å². The van der Waals surface area contributed by atoms with Gasteiger partial charge in [-0.3, -0.25) is 0 Å². The predicted molar refractivity (Wildman–Crippen MR) is 43.9 cm³/mol. The van der Waals surface area contributed by atoms with Crippen molar-refractivity contribution in [2.75, 3.05) is 0 Å². The Balaban J connectivity index is 1.81. The molecule has 10 heavy (non-hydrogen) atoms. The Kier molecular flexibility index (Phi) is 1.51. The van der Waals surface area contributed by atoms with Gasteiger partial charge in [-0.25, -0.2) is 0 Å². The molecule has 0 atom stereocenters. The van der Waals surface area contributed by atoms with E-state index in [1.807, 2.05) is 0 Å². The quantitative estimate of drug-likeness (QED) is 0.561. The predicted octanol–water partition coefficient (Wildman–Crippen LogP) is 3.37. The number of rotatable bonds is 3. The third kappa shape index (κ3) is 0.889. The summed E-state index contributed by atoms with van der Waals surface area (Å²) in [5.41, 5.74) is 0.890. The summed E-state index contributed by atoms with van der Waals surface area (Å²) in [6, 6.07) is 0. The van der Waals surface area contributed by atoms with Gasteiger partial charge in [-0.05, 0) is 43.4 Å². The lowest BCUT2D eigenvalue weighted by atomic mass is 9.67. The lowest BCUT2D eigenvalue weighted by molar-refractivity contribution is 0.128. The molecule has 0 amide bonds. The first-order valence-electron chi connectivity index (χ1n) is 4.85. The summed E-state index contributed by atoms with van der Waals surface area (Å²) in [6.45, 7) is 2.31. The van der Waals surface area contributed by atoms with Crippen molar-refractivity contribution in [2.24, 2.45) is 11.3 Å². The molecule has 58 valence electrons. The summed E-state index contributed by atoms with van der Waals surface area (Å²) >= 11 is 0. The molecule has 3 fully saturated rings. The molecule has 0 radical (unpaired) electrons. The van der Waals surface area contributed by atoms with Crippen LogP contribution in [0.1, 0.15) is 51.9 Å². The molecule has 0 aromatic carbocycles. The maximum Gasteiger partial charge on any atom is -0.0292 e. The molecule has 3 saturated carbocycles. The van der Waals surface area contributed by atoms with Gasteiger partial charge in [0.1, 0.15) is 0 Å². The molecule has 0 aliphatic heterocycles. The zero-order chi connectivity index (χ0) is 7.03. The highest BCUT2D eigenvalue weighted by Crippen LogP contribution is 2.61. The van der Waals surface area contributed by atoms with Crippen LogP contribution in [0.5, 0.6) is 0 Å². The number of hydrogen-bond acceptors (Lipinski definition) is 0. The van der Waals surface area contributed by atoms with E-state index in [0.29, 0.717) is 0 Å². The lowest BCUT2D eigenvalue weighted by Crippen LogP contribution is -2.27. The molecular formula is C10H18. The average molecular weight is 138 g/mol. The molecule has 0 heterocycles. The molecule has 0 nitrogen and oxygen atoms in total. The second-order valence-electron chi connectivity index (χ2n) is 4.42. The third-order valence-corrected chi connectivity index (χ3v) is 3.59. The summed E-state index contributed by atoms with van der Waals surface area (Å²) in [6.07, 6.45) is 10.7. The fourth-order valence-electron chi connectivity index (χ4n) is 2.96. The first-order valence-corrected chi connectivity index (χ1v) is 4.85. The van der Waals surface area contributed by atoms with E-state index in [9.17, 15) is 0 Å². The number of hydrogen-bond donors (Lipinski definition) is 0. The minimum absolute atomic E-state index is 0.890. The number of unbranched alkanes of at least 4 members (excludes halogenated alkanes) is 1. The molecule has 3 rings (SSSR count). The van der Waals surface area contributed by atoms with Gasteiger partial charge in [0.2, 0.25) is 0 Å². The Morgan fingerprint density at radius 2 is 2.20 bits per heavy atom. The first kappa shape index (κ1) is 6.69. The molecule has 0 saturated heterocycles. The van der Waals surface area contributed by atoms with Crippen LogP contribution in [-0.4, -0.2) is 0 Å². The summed E-state index contributed by atoms with van der Waals surface area (Å²) < 4.78 is 0. The van der Waals surface area contributed by atoms with E-state index >= 15 is 0 Å². The van der Waals surface area contributed by atoms with Gasteiger partial charge in [0, 0.05) is 0 Å². The fraction of sp³-hybridized carbons (Fsp3) is 1.00. The van der Waals surface area contributed by atoms with E-state index in [2.05, 4.69) is 6.92 Å². The standard InChI is InChI=1S/C10H18/c1-2-3-5-10-6-4-9(7-10)8-10/h9H,2-8H2,1H3. The van der Waals surface area contributed by atoms with Crippen LogP contribution in [0, 0.1) is 11.3 Å². The van der Waals surface area contributed by atoms with Crippen LogP contribution in [0.4, 0.5) is 0 Å². The Bertz CT molecular complexity index is 114. The van der Waals surface area contributed by atoms with Crippen LogP contribution in [0.25, 0.3) is 0 Å². The molecule has 3 aliphatic rings. The highest BCUT2D eigenvalue weighted by atomic mass is 14.5. The van der Waals surface area contributed by atoms with Crippen molar-refractivity contribution in [1.29, 1.82) is 0 Å². The van der Waals surface area contributed by atoms with E-state index < -0.39 is 0 Å². The van der Waals surface area contributed by atoms with Gasteiger partial charge in [-0.1, -0.05) is 19.8 Å². The van der Waals surface area contributed by atoms with Gasteiger partial charge >= 0.3 is 0 Å². The maximum absolute atomic E-state index is 2.31. The lowest BCUT2D eigenvalue weighted by Gasteiger charge is -2.38. The van der Waals surface area contributed by atoms with Gasteiger partial charge in [0.25, 0.3) is 0 Å². The van der Waals surface area contributed by atoms with Gasteiger partial charge in [-0.15, -0.1) is 0 Å². The Hall–Kier alpha value is 0. The average Bonchev–Trinajstić information content (AvgIpc) is 2.39. The second-order valence-corrected chi connectivity index (χ2v) is 4.42. The highest BCUT2D eigenvalue weighted by Gasteiger charge is 2.48. The second kappa shape index (κ2) is 2.25. The molecule has 0 unspecified atom stereocenters. The topological polar surface area (TPSA) is 0 Å². The number of fused-ring (bicyclic) bond motifs is 1. The Morgan fingerprint density at radius 1 is 1.40 bits per heavy atom. The first-order chi connectivity index (χ1) is 4.85. The van der Waals surface area contributed by atoms with Crippen LogP contribution < -0.4 is 0 Å². The van der Waals surface area contributed by atoms with E-state index in [-0.39, 0.29) is 0 Å². The normalized spacial score (nSPS) is 43.5. The van der Waals surface area contributed by atoms with Crippen molar-refractivity contribution < 1.29 is 0 Å². The van der Waals surface area contributed by atoms with Gasteiger partial charge in [0.05, 0.1) is 0 Å². The van der Waals surface area contributed by atoms with Crippen LogP contribution in [0.15, 0.2) is 0 Å². The van der Waals surface area contributed by atoms with E-state index in [1.54, 1.807) is 32.1 Å². The monoisotopic (exact) mass is 138 g/mol. The fourth-order valence-corrected chi connectivity index (χ4v) is 2.96. The van der Waals surface area contributed by atoms with E-state index in [0.717, 1.165) is 11.3 Å². The third-order valence-electron chi connectivity index (χ3n) is 3.59. The van der Waals surface area contributed by atoms with Crippen molar-refractivity contribution in [3.63, 3.8) is 0 Å². The molecule has 0 heteroatoms. The SMILES string of the molecule is CCCCC12CCC(C1)C2. The largest absolute Gasteiger partial charge is 0.0654 e. The van der Waals surface area contributed by atoms with Gasteiger partial charge in [-0.2, -0.15) is 0 Å². The molecule has 3 aliphatic carbocycles. The Labute approximate surface area is 64.0 Å². The van der Waals surface area contributed by atoms with Crippen molar-refractivity contribution in [3.05, 3.63) is 0 Å². The molecule has 2 bridgehead atoms. The van der Waals surface area contributed by atoms with Crippen molar-refractivity contribution in [3.8, 4) is 0 Å². The van der Waals surface area contributed by atoms with Crippen molar-refractivity contribution in [2.45, 2.75) is 51.9 Å². The summed E-state index contributed by atoms with van der Waals surface area (Å²) in [7, 11) is 0. The molecule has 0 spiro atoms. The summed E-state index contributed by atoms with van der Waals surface area (Å²) in [5.74, 6) is 1.16. The van der Waals surface area contributed by atoms with E-state index in [1.165, 1.54) is 12.8 Å². The molecule has 0 N–H and O–H groups in total. The van der Waals surface area contributed by atoms with Crippen LogP contribution in [0.2, 0.25) is 0 Å². The minimum atomic E-state index is 0.890. The van der Waals surface area contributed by atoms with E-state index in [4.69, 9.17) is 0 Å². The molecule has 0 aromatic rings. The smallest absolute Gasteiger partial charge is 0.0292 e. The summed E-state index contributed by atoms with van der Waals surface area (Å²) in [5, 5.41) is 0. The molecular weight excluding hydrogens is 120 g/mol. The van der Waals surface area contributed by atoms with Crippen molar-refractivity contribution >= 4 is 0 Å². The Morgan fingerprint density at radius 3 is 2.70 bits per heavy atom. The van der Waals surface area contributed by atoms with Crippen molar-refractivity contribution in [1.82, 2.24) is 0 Å². The van der Waals surface area contributed by atoms with Crippen LogP contribution >= 0.6 is 0 Å².